The van der Waals surface area contributed by atoms with Gasteiger partial charge in [0.25, 0.3) is 0 Å². The smallest absolute Gasteiger partial charge is 0.191 e. The summed E-state index contributed by atoms with van der Waals surface area (Å²) >= 11 is 1.76. The first kappa shape index (κ1) is 20.2. The summed E-state index contributed by atoms with van der Waals surface area (Å²) in [6.07, 6.45) is 5.09. The van der Waals surface area contributed by atoms with Gasteiger partial charge in [-0.3, -0.25) is 4.99 Å². The second-order valence-electron chi connectivity index (χ2n) is 6.27. The Morgan fingerprint density at radius 1 is 1.19 bits per heavy atom. The number of nitrogens with one attached hydrogen (secondary N) is 2. The van der Waals surface area contributed by atoms with Crippen LogP contribution in [0.25, 0.3) is 0 Å². The van der Waals surface area contributed by atoms with E-state index in [0.717, 1.165) is 51.4 Å². The normalized spacial score (nSPS) is 11.4. The first-order chi connectivity index (χ1) is 12.7. The minimum atomic E-state index is 0.842. The summed E-state index contributed by atoms with van der Waals surface area (Å²) in [5.41, 5.74) is 1.27. The molecule has 0 bridgehead atoms. The highest BCUT2D eigenvalue weighted by Crippen LogP contribution is 2.12. The topological polar surface area (TPSA) is 52.6 Å². The zero-order valence-electron chi connectivity index (χ0n) is 16.2. The van der Waals surface area contributed by atoms with Gasteiger partial charge < -0.3 is 15.5 Å². The quantitative estimate of drug-likeness (QED) is 0.380. The summed E-state index contributed by atoms with van der Waals surface area (Å²) in [5.74, 6) is 0.900. The van der Waals surface area contributed by atoms with E-state index in [-0.39, 0.29) is 0 Å². The van der Waals surface area contributed by atoms with Crippen molar-refractivity contribution in [2.75, 3.05) is 38.1 Å². The molecule has 1 aromatic carbocycles. The van der Waals surface area contributed by atoms with Gasteiger partial charge in [0, 0.05) is 56.4 Å². The number of thiazole rings is 1. The van der Waals surface area contributed by atoms with E-state index in [4.69, 9.17) is 0 Å². The molecule has 1 heterocycles. The maximum absolute atomic E-state index is 4.68. The van der Waals surface area contributed by atoms with Crippen molar-refractivity contribution in [2.45, 2.75) is 33.1 Å². The molecule has 26 heavy (non-hydrogen) atoms. The first-order valence-electron chi connectivity index (χ1n) is 9.38. The van der Waals surface area contributed by atoms with Gasteiger partial charge in [-0.1, -0.05) is 18.2 Å². The standard InChI is InChI=1S/C20H31N5S/c1-4-21-20(23-14-12-19-24-16-17(2)26-19)22-13-8-9-15-25(3)18-10-6-5-7-11-18/h5-7,10-11,16H,4,8-9,12-15H2,1-3H3,(H2,21,22,23). The lowest BCUT2D eigenvalue weighted by Crippen LogP contribution is -2.38. The Morgan fingerprint density at radius 3 is 2.69 bits per heavy atom. The van der Waals surface area contributed by atoms with Crippen LogP contribution in [0, 0.1) is 6.92 Å². The first-order valence-corrected chi connectivity index (χ1v) is 10.2. The molecule has 0 atom stereocenters. The van der Waals surface area contributed by atoms with E-state index in [2.05, 4.69) is 76.7 Å². The molecule has 0 aliphatic rings. The van der Waals surface area contributed by atoms with E-state index in [1.807, 2.05) is 6.20 Å². The second kappa shape index (κ2) is 11.5. The number of guanidine groups is 1. The van der Waals surface area contributed by atoms with Crippen LogP contribution in [0.3, 0.4) is 0 Å². The highest BCUT2D eigenvalue weighted by atomic mass is 32.1. The van der Waals surface area contributed by atoms with Gasteiger partial charge in [-0.05, 0) is 38.8 Å². The number of unbranched alkanes of at least 4 members (excludes halogenated alkanes) is 1. The van der Waals surface area contributed by atoms with Crippen LogP contribution < -0.4 is 15.5 Å². The minimum absolute atomic E-state index is 0.842. The van der Waals surface area contributed by atoms with Crippen LogP contribution in [0.1, 0.15) is 29.7 Å². The number of anilines is 1. The molecule has 0 spiro atoms. The van der Waals surface area contributed by atoms with Gasteiger partial charge in [-0.15, -0.1) is 11.3 Å². The maximum atomic E-state index is 4.68. The molecule has 2 N–H and O–H groups in total. The number of rotatable bonds is 10. The van der Waals surface area contributed by atoms with E-state index < -0.39 is 0 Å². The van der Waals surface area contributed by atoms with Crippen LogP contribution in [0.5, 0.6) is 0 Å². The molecular formula is C20H31N5S. The molecule has 0 amide bonds. The molecule has 1 aromatic heterocycles. The third kappa shape index (κ3) is 7.44. The van der Waals surface area contributed by atoms with Crippen molar-refractivity contribution in [3.63, 3.8) is 0 Å². The SMILES string of the molecule is CCNC(=NCCCCN(C)c1ccccc1)NCCc1ncc(C)s1. The average molecular weight is 374 g/mol. The Bertz CT molecular complexity index is 653. The molecule has 6 heteroatoms. The lowest BCUT2D eigenvalue weighted by atomic mass is 10.2. The van der Waals surface area contributed by atoms with Gasteiger partial charge >= 0.3 is 0 Å². The number of hydrogen-bond donors (Lipinski definition) is 2. The summed E-state index contributed by atoms with van der Waals surface area (Å²) < 4.78 is 0. The van der Waals surface area contributed by atoms with Crippen molar-refractivity contribution in [3.05, 3.63) is 46.4 Å². The Hall–Kier alpha value is -2.08. The van der Waals surface area contributed by atoms with Crippen molar-refractivity contribution in [1.82, 2.24) is 15.6 Å². The fourth-order valence-electron chi connectivity index (χ4n) is 2.61. The van der Waals surface area contributed by atoms with Gasteiger partial charge in [0.15, 0.2) is 5.96 Å². The average Bonchev–Trinajstić information content (AvgIpc) is 3.07. The molecule has 5 nitrogen and oxygen atoms in total. The molecular weight excluding hydrogens is 342 g/mol. The third-order valence-electron chi connectivity index (χ3n) is 4.01. The van der Waals surface area contributed by atoms with Crippen LogP contribution in [0.15, 0.2) is 41.5 Å². The maximum Gasteiger partial charge on any atom is 0.191 e. The fraction of sp³-hybridized carbons (Fsp3) is 0.500. The molecule has 0 aliphatic heterocycles. The van der Waals surface area contributed by atoms with E-state index in [9.17, 15) is 0 Å². The number of aromatic nitrogens is 1. The number of aliphatic imine (C=N–C) groups is 1. The highest BCUT2D eigenvalue weighted by Gasteiger charge is 2.02. The number of hydrogen-bond acceptors (Lipinski definition) is 4. The summed E-state index contributed by atoms with van der Waals surface area (Å²) in [7, 11) is 2.14. The van der Waals surface area contributed by atoms with Gasteiger partial charge in [0.05, 0.1) is 5.01 Å². The van der Waals surface area contributed by atoms with E-state index in [1.165, 1.54) is 15.6 Å². The number of benzene rings is 1. The lowest BCUT2D eigenvalue weighted by Gasteiger charge is -2.18. The predicted molar refractivity (Wildman–Crippen MR) is 113 cm³/mol. The molecule has 2 aromatic rings. The summed E-state index contributed by atoms with van der Waals surface area (Å²) in [5, 5.41) is 7.89. The molecule has 142 valence electrons. The Morgan fingerprint density at radius 2 is 2.00 bits per heavy atom. The molecule has 0 radical (unpaired) electrons. The van der Waals surface area contributed by atoms with Crippen molar-refractivity contribution in [1.29, 1.82) is 0 Å². The largest absolute Gasteiger partial charge is 0.375 e. The second-order valence-corrected chi connectivity index (χ2v) is 7.59. The minimum Gasteiger partial charge on any atom is -0.375 e. The Balaban J connectivity index is 1.66. The van der Waals surface area contributed by atoms with Gasteiger partial charge in [0.2, 0.25) is 0 Å². The van der Waals surface area contributed by atoms with Crippen molar-refractivity contribution >= 4 is 23.0 Å². The van der Waals surface area contributed by atoms with Crippen LogP contribution in [0.2, 0.25) is 0 Å². The molecule has 0 aliphatic carbocycles. The number of para-hydroxylation sites is 1. The van der Waals surface area contributed by atoms with Gasteiger partial charge in [0.1, 0.15) is 0 Å². The third-order valence-corrected chi connectivity index (χ3v) is 4.99. The molecule has 0 saturated carbocycles. The summed E-state index contributed by atoms with van der Waals surface area (Å²) in [6.45, 7) is 7.81. The lowest BCUT2D eigenvalue weighted by molar-refractivity contribution is 0.718. The Kier molecular flexibility index (Phi) is 8.96. The zero-order chi connectivity index (χ0) is 18.6. The Labute approximate surface area is 161 Å². The van der Waals surface area contributed by atoms with Gasteiger partial charge in [-0.25, -0.2) is 4.98 Å². The van der Waals surface area contributed by atoms with Crippen LogP contribution in [-0.2, 0) is 6.42 Å². The fourth-order valence-corrected chi connectivity index (χ4v) is 3.40. The van der Waals surface area contributed by atoms with Crippen molar-refractivity contribution in [3.8, 4) is 0 Å². The zero-order valence-corrected chi connectivity index (χ0v) is 17.0. The van der Waals surface area contributed by atoms with Crippen molar-refractivity contribution in [2.24, 2.45) is 4.99 Å². The summed E-state index contributed by atoms with van der Waals surface area (Å²) in [4.78, 5) is 12.6. The van der Waals surface area contributed by atoms with Crippen molar-refractivity contribution < 1.29 is 0 Å². The monoisotopic (exact) mass is 373 g/mol. The molecule has 2 rings (SSSR count). The van der Waals surface area contributed by atoms with Gasteiger partial charge in [-0.2, -0.15) is 0 Å². The predicted octanol–water partition coefficient (Wildman–Crippen LogP) is 3.47. The highest BCUT2D eigenvalue weighted by molar-refractivity contribution is 7.11. The molecule has 0 unspecified atom stereocenters. The molecule has 0 fully saturated rings. The number of aryl methyl sites for hydroxylation is 1. The van der Waals surface area contributed by atoms with E-state index in [1.54, 1.807) is 11.3 Å². The van der Waals surface area contributed by atoms with Crippen LogP contribution >= 0.6 is 11.3 Å². The number of nitrogens with zero attached hydrogens (tertiary/aromatic N) is 3. The van der Waals surface area contributed by atoms with E-state index >= 15 is 0 Å². The van der Waals surface area contributed by atoms with Crippen LogP contribution in [-0.4, -0.2) is 44.2 Å². The van der Waals surface area contributed by atoms with E-state index in [0.29, 0.717) is 0 Å². The summed E-state index contributed by atoms with van der Waals surface area (Å²) in [6, 6.07) is 10.5. The van der Waals surface area contributed by atoms with Crippen LogP contribution in [0.4, 0.5) is 5.69 Å². The molecule has 0 saturated heterocycles.